The zero-order valence-corrected chi connectivity index (χ0v) is 12.2. The summed E-state index contributed by atoms with van der Waals surface area (Å²) in [5.74, 6) is 0.347. The van der Waals surface area contributed by atoms with Crippen molar-refractivity contribution < 1.29 is 4.92 Å². The van der Waals surface area contributed by atoms with E-state index in [4.69, 9.17) is 23.2 Å². The summed E-state index contributed by atoms with van der Waals surface area (Å²) in [6.07, 6.45) is 5.26. The molecule has 1 aliphatic rings. The Morgan fingerprint density at radius 3 is 2.40 bits per heavy atom. The van der Waals surface area contributed by atoms with Crippen molar-refractivity contribution >= 4 is 28.9 Å². The summed E-state index contributed by atoms with van der Waals surface area (Å²) in [7, 11) is 0. The first kappa shape index (κ1) is 14.9. The average Bonchev–Trinajstić information content (AvgIpc) is 2.79. The van der Waals surface area contributed by atoms with Gasteiger partial charge in [-0.1, -0.05) is 36.0 Å². The monoisotopic (exact) mass is 315 g/mol. The third-order valence-corrected chi connectivity index (χ3v) is 3.53. The number of hydrogen-bond acceptors (Lipinski definition) is 4. The van der Waals surface area contributed by atoms with Crippen molar-refractivity contribution in [1.29, 1.82) is 0 Å². The zero-order chi connectivity index (χ0) is 14.5. The number of nitro groups is 1. The van der Waals surface area contributed by atoms with Crippen LogP contribution < -0.4 is 10.6 Å². The lowest BCUT2D eigenvalue weighted by molar-refractivity contribution is -0.403. The minimum Gasteiger partial charge on any atom is -0.364 e. The van der Waals surface area contributed by atoms with Crippen molar-refractivity contribution in [2.24, 2.45) is 0 Å². The lowest BCUT2D eigenvalue weighted by Gasteiger charge is -2.16. The molecule has 1 aliphatic carbocycles. The molecule has 2 rings (SSSR count). The van der Waals surface area contributed by atoms with Crippen LogP contribution in [-0.2, 0) is 0 Å². The van der Waals surface area contributed by atoms with Crippen molar-refractivity contribution in [3.63, 3.8) is 0 Å². The van der Waals surface area contributed by atoms with Gasteiger partial charge < -0.3 is 10.6 Å². The third kappa shape index (κ3) is 4.58. The highest BCUT2D eigenvalue weighted by atomic mass is 35.5. The molecule has 1 fully saturated rings. The second kappa shape index (κ2) is 6.81. The van der Waals surface area contributed by atoms with Crippen molar-refractivity contribution in [3.05, 3.63) is 50.4 Å². The van der Waals surface area contributed by atoms with Gasteiger partial charge in [-0.05, 0) is 31.0 Å². The van der Waals surface area contributed by atoms with Crippen molar-refractivity contribution in [2.45, 2.75) is 31.7 Å². The second-order valence-corrected chi connectivity index (χ2v) is 5.61. The summed E-state index contributed by atoms with van der Waals surface area (Å²) in [5.41, 5.74) is 0.612. The molecular formula is C13H15Cl2N3O2. The van der Waals surface area contributed by atoms with Gasteiger partial charge in [0.05, 0.1) is 4.92 Å². The minimum atomic E-state index is -0.490. The maximum absolute atomic E-state index is 10.7. The maximum atomic E-state index is 10.7. The number of nitrogens with one attached hydrogen (secondary N) is 2. The highest BCUT2D eigenvalue weighted by Crippen LogP contribution is 2.24. The number of halogens is 2. The summed E-state index contributed by atoms with van der Waals surface area (Å²) >= 11 is 11.8. The van der Waals surface area contributed by atoms with Crippen LogP contribution in [0.2, 0.25) is 10.0 Å². The molecule has 0 saturated heterocycles. The second-order valence-electron chi connectivity index (χ2n) is 4.74. The number of nitrogens with zero attached hydrogens (tertiary/aromatic N) is 1. The average molecular weight is 316 g/mol. The Morgan fingerprint density at radius 2 is 1.85 bits per heavy atom. The van der Waals surface area contributed by atoms with Crippen LogP contribution in [0.15, 0.2) is 30.2 Å². The van der Waals surface area contributed by atoms with Gasteiger partial charge in [-0.2, -0.15) is 0 Å². The molecule has 0 aromatic heterocycles. The van der Waals surface area contributed by atoms with Gasteiger partial charge in [0.15, 0.2) is 5.82 Å². The van der Waals surface area contributed by atoms with E-state index in [-0.39, 0.29) is 6.04 Å². The van der Waals surface area contributed by atoms with Gasteiger partial charge in [-0.15, -0.1) is 0 Å². The molecule has 7 heteroatoms. The quantitative estimate of drug-likeness (QED) is 0.636. The first-order valence-electron chi connectivity index (χ1n) is 6.38. The molecule has 5 nitrogen and oxygen atoms in total. The molecule has 0 heterocycles. The van der Waals surface area contributed by atoms with Crippen LogP contribution in [0, 0.1) is 10.1 Å². The van der Waals surface area contributed by atoms with Gasteiger partial charge in [0.25, 0.3) is 6.20 Å². The molecular weight excluding hydrogens is 301 g/mol. The lowest BCUT2D eigenvalue weighted by atomic mass is 10.2. The predicted octanol–water partition coefficient (Wildman–Crippen LogP) is 4.01. The van der Waals surface area contributed by atoms with Gasteiger partial charge in [-0.25, -0.2) is 0 Å². The molecule has 0 spiro atoms. The number of anilines is 1. The van der Waals surface area contributed by atoms with Crippen LogP contribution in [-0.4, -0.2) is 11.0 Å². The van der Waals surface area contributed by atoms with Gasteiger partial charge in [0.2, 0.25) is 0 Å². The van der Waals surface area contributed by atoms with E-state index in [0.29, 0.717) is 21.6 Å². The Labute approximate surface area is 127 Å². The SMILES string of the molecule is O=[N+]([O-])C=C(Nc1cc(Cl)cc(Cl)c1)NC1CCCC1. The first-order chi connectivity index (χ1) is 9.52. The van der Waals surface area contributed by atoms with E-state index < -0.39 is 4.92 Å². The van der Waals surface area contributed by atoms with Crippen LogP contribution >= 0.6 is 23.2 Å². The van der Waals surface area contributed by atoms with E-state index in [1.54, 1.807) is 18.2 Å². The number of rotatable bonds is 5. The molecule has 0 amide bonds. The molecule has 0 bridgehead atoms. The van der Waals surface area contributed by atoms with Crippen LogP contribution in [0.3, 0.4) is 0 Å². The van der Waals surface area contributed by atoms with Crippen LogP contribution in [0.4, 0.5) is 5.69 Å². The smallest absolute Gasteiger partial charge is 0.274 e. The van der Waals surface area contributed by atoms with Crippen molar-refractivity contribution in [1.82, 2.24) is 5.32 Å². The van der Waals surface area contributed by atoms with E-state index in [1.165, 1.54) is 0 Å². The van der Waals surface area contributed by atoms with Crippen molar-refractivity contribution in [2.75, 3.05) is 5.32 Å². The van der Waals surface area contributed by atoms with Crippen LogP contribution in [0.25, 0.3) is 0 Å². The first-order valence-corrected chi connectivity index (χ1v) is 7.13. The molecule has 0 unspecified atom stereocenters. The van der Waals surface area contributed by atoms with Gasteiger partial charge in [-0.3, -0.25) is 10.1 Å². The van der Waals surface area contributed by atoms with E-state index in [0.717, 1.165) is 31.9 Å². The van der Waals surface area contributed by atoms with Gasteiger partial charge in [0, 0.05) is 21.8 Å². The molecule has 0 radical (unpaired) electrons. The molecule has 0 aliphatic heterocycles. The lowest BCUT2D eigenvalue weighted by Crippen LogP contribution is -2.29. The molecule has 1 aromatic rings. The minimum absolute atomic E-state index is 0.267. The normalized spacial score (nSPS) is 16.2. The Balaban J connectivity index is 2.12. The molecule has 20 heavy (non-hydrogen) atoms. The van der Waals surface area contributed by atoms with Gasteiger partial charge in [0.1, 0.15) is 0 Å². The Morgan fingerprint density at radius 1 is 1.25 bits per heavy atom. The summed E-state index contributed by atoms with van der Waals surface area (Å²) in [6, 6.07) is 5.20. The zero-order valence-electron chi connectivity index (χ0n) is 10.7. The molecule has 2 N–H and O–H groups in total. The summed E-state index contributed by atoms with van der Waals surface area (Å²) in [5, 5.41) is 17.8. The molecule has 1 aromatic carbocycles. The number of benzene rings is 1. The van der Waals surface area contributed by atoms with E-state index in [1.807, 2.05) is 0 Å². The van der Waals surface area contributed by atoms with E-state index in [9.17, 15) is 10.1 Å². The Kier molecular flexibility index (Phi) is 5.09. The van der Waals surface area contributed by atoms with E-state index in [2.05, 4.69) is 10.6 Å². The topological polar surface area (TPSA) is 67.2 Å². The standard InChI is InChI=1S/C13H15Cl2N3O2/c14-9-5-10(15)7-12(6-9)17-13(8-18(19)20)16-11-3-1-2-4-11/h5-8,11,16-17H,1-4H2. The van der Waals surface area contributed by atoms with Crippen molar-refractivity contribution in [3.8, 4) is 0 Å². The highest BCUT2D eigenvalue weighted by molar-refractivity contribution is 6.35. The number of hydrogen-bond donors (Lipinski definition) is 2. The molecule has 0 atom stereocenters. The fourth-order valence-electron chi connectivity index (χ4n) is 2.28. The third-order valence-electron chi connectivity index (χ3n) is 3.09. The fourth-order valence-corrected chi connectivity index (χ4v) is 2.81. The maximum Gasteiger partial charge on any atom is 0.274 e. The van der Waals surface area contributed by atoms with Gasteiger partial charge >= 0.3 is 0 Å². The van der Waals surface area contributed by atoms with E-state index >= 15 is 0 Å². The Bertz CT molecular complexity index is 508. The fraction of sp³-hybridized carbons (Fsp3) is 0.385. The molecule has 1 saturated carbocycles. The predicted molar refractivity (Wildman–Crippen MR) is 80.6 cm³/mol. The Hall–Kier alpha value is -1.46. The largest absolute Gasteiger partial charge is 0.364 e. The highest BCUT2D eigenvalue weighted by Gasteiger charge is 2.17. The van der Waals surface area contributed by atoms with Crippen LogP contribution in [0.5, 0.6) is 0 Å². The summed E-state index contributed by atoms with van der Waals surface area (Å²) in [4.78, 5) is 10.2. The summed E-state index contributed by atoms with van der Waals surface area (Å²) < 4.78 is 0. The molecule has 108 valence electrons. The summed E-state index contributed by atoms with van der Waals surface area (Å²) in [6.45, 7) is 0. The van der Waals surface area contributed by atoms with Crippen LogP contribution in [0.1, 0.15) is 25.7 Å².